The monoisotopic (exact) mass is 255 g/mol. The van der Waals surface area contributed by atoms with Crippen LogP contribution in [-0.2, 0) is 9.59 Å². The predicted octanol–water partition coefficient (Wildman–Crippen LogP) is 2.86. The molecule has 0 aromatic carbocycles. The summed E-state index contributed by atoms with van der Waals surface area (Å²) in [6.07, 6.45) is 11.0. The first-order chi connectivity index (χ1) is 8.68. The Morgan fingerprint density at radius 3 is 2.28 bits per heavy atom. The van der Waals surface area contributed by atoms with Crippen LogP contribution in [0.25, 0.3) is 0 Å². The van der Waals surface area contributed by atoms with Gasteiger partial charge in [-0.15, -0.1) is 0 Å². The third-order valence-electron chi connectivity index (χ3n) is 3.53. The van der Waals surface area contributed by atoms with Crippen molar-refractivity contribution in [1.29, 1.82) is 0 Å². The highest BCUT2D eigenvalue weighted by Gasteiger charge is 2.19. The van der Waals surface area contributed by atoms with Gasteiger partial charge in [0.1, 0.15) is 0 Å². The first kappa shape index (κ1) is 15.0. The van der Waals surface area contributed by atoms with Crippen LogP contribution < -0.4 is 5.32 Å². The number of nitrogens with one attached hydrogen (secondary N) is 1. The molecule has 1 fully saturated rings. The van der Waals surface area contributed by atoms with E-state index in [-0.39, 0.29) is 5.91 Å². The van der Waals surface area contributed by atoms with Gasteiger partial charge in [0, 0.05) is 18.9 Å². The summed E-state index contributed by atoms with van der Waals surface area (Å²) >= 11 is 0. The highest BCUT2D eigenvalue weighted by Crippen LogP contribution is 2.15. The Morgan fingerprint density at radius 2 is 1.72 bits per heavy atom. The van der Waals surface area contributed by atoms with Gasteiger partial charge in [-0.2, -0.15) is 0 Å². The van der Waals surface area contributed by atoms with E-state index in [9.17, 15) is 9.59 Å². The number of hydrogen-bond donors (Lipinski definition) is 2. The van der Waals surface area contributed by atoms with Crippen LogP contribution in [0.2, 0.25) is 0 Å². The maximum Gasteiger partial charge on any atom is 0.303 e. The molecule has 0 bridgehead atoms. The Labute approximate surface area is 109 Å². The standard InChI is InChI=1S/C14H25NO3/c16-13-11-10-12(15-13)8-6-4-2-1-3-5-7-9-14(17)18/h12H,1-11H2,(H,15,16)(H,17,18). The number of carbonyl (C=O) groups is 2. The molecule has 1 aliphatic heterocycles. The van der Waals surface area contributed by atoms with Gasteiger partial charge in [0.2, 0.25) is 5.91 Å². The molecule has 0 saturated carbocycles. The van der Waals surface area contributed by atoms with Crippen molar-refractivity contribution in [1.82, 2.24) is 5.32 Å². The van der Waals surface area contributed by atoms with E-state index in [4.69, 9.17) is 5.11 Å². The third-order valence-corrected chi connectivity index (χ3v) is 3.53. The second kappa shape index (κ2) is 8.95. The molecule has 1 saturated heterocycles. The van der Waals surface area contributed by atoms with Crippen LogP contribution in [0.15, 0.2) is 0 Å². The number of hydrogen-bond acceptors (Lipinski definition) is 2. The van der Waals surface area contributed by atoms with Gasteiger partial charge < -0.3 is 10.4 Å². The lowest BCUT2D eigenvalue weighted by atomic mass is 10.0. The van der Waals surface area contributed by atoms with Crippen LogP contribution in [-0.4, -0.2) is 23.0 Å². The number of unbranched alkanes of at least 4 members (excludes halogenated alkanes) is 6. The van der Waals surface area contributed by atoms with Crippen LogP contribution in [0.5, 0.6) is 0 Å². The quantitative estimate of drug-likeness (QED) is 0.590. The average Bonchev–Trinajstić information content (AvgIpc) is 2.72. The zero-order valence-electron chi connectivity index (χ0n) is 11.1. The molecule has 1 atom stereocenters. The van der Waals surface area contributed by atoms with E-state index >= 15 is 0 Å². The fourth-order valence-corrected chi connectivity index (χ4v) is 2.44. The first-order valence-electron chi connectivity index (χ1n) is 7.19. The summed E-state index contributed by atoms with van der Waals surface area (Å²) in [5.74, 6) is -0.480. The van der Waals surface area contributed by atoms with Gasteiger partial charge in [0.25, 0.3) is 0 Å². The normalized spacial score (nSPS) is 18.9. The second-order valence-electron chi connectivity index (χ2n) is 5.21. The minimum Gasteiger partial charge on any atom is -0.481 e. The van der Waals surface area contributed by atoms with Gasteiger partial charge >= 0.3 is 5.97 Å². The van der Waals surface area contributed by atoms with Crippen molar-refractivity contribution < 1.29 is 14.7 Å². The molecule has 0 aromatic rings. The summed E-state index contributed by atoms with van der Waals surface area (Å²) in [7, 11) is 0. The molecule has 1 unspecified atom stereocenters. The summed E-state index contributed by atoms with van der Waals surface area (Å²) in [5, 5.41) is 11.5. The molecule has 0 aromatic heterocycles. The van der Waals surface area contributed by atoms with E-state index < -0.39 is 5.97 Å². The van der Waals surface area contributed by atoms with E-state index in [0.717, 1.165) is 32.1 Å². The fraction of sp³-hybridized carbons (Fsp3) is 0.857. The lowest BCUT2D eigenvalue weighted by molar-refractivity contribution is -0.137. The molecule has 1 rings (SSSR count). The minimum absolute atomic E-state index is 0.207. The van der Waals surface area contributed by atoms with Crippen LogP contribution in [0, 0.1) is 0 Å². The average molecular weight is 255 g/mol. The van der Waals surface area contributed by atoms with Crippen molar-refractivity contribution in [3.05, 3.63) is 0 Å². The molecule has 4 nitrogen and oxygen atoms in total. The predicted molar refractivity (Wildman–Crippen MR) is 70.4 cm³/mol. The van der Waals surface area contributed by atoms with Gasteiger partial charge in [-0.05, 0) is 19.3 Å². The topological polar surface area (TPSA) is 66.4 Å². The second-order valence-corrected chi connectivity index (χ2v) is 5.21. The number of amides is 1. The Hall–Kier alpha value is -1.06. The lowest BCUT2D eigenvalue weighted by Crippen LogP contribution is -2.24. The summed E-state index contributed by atoms with van der Waals surface area (Å²) in [4.78, 5) is 21.3. The molecular formula is C14H25NO3. The van der Waals surface area contributed by atoms with Gasteiger partial charge in [0.05, 0.1) is 0 Å². The maximum atomic E-state index is 11.0. The Balaban J connectivity index is 1.79. The Kier molecular flexibility index (Phi) is 7.46. The van der Waals surface area contributed by atoms with E-state index in [1.165, 1.54) is 25.7 Å². The van der Waals surface area contributed by atoms with Gasteiger partial charge in [-0.1, -0.05) is 38.5 Å². The summed E-state index contributed by atoms with van der Waals surface area (Å²) < 4.78 is 0. The van der Waals surface area contributed by atoms with E-state index in [0.29, 0.717) is 18.9 Å². The maximum absolute atomic E-state index is 11.0. The van der Waals surface area contributed by atoms with Crippen LogP contribution in [0.1, 0.15) is 70.6 Å². The molecule has 2 N–H and O–H groups in total. The summed E-state index contributed by atoms with van der Waals surface area (Å²) in [6.45, 7) is 0. The summed E-state index contributed by atoms with van der Waals surface area (Å²) in [6, 6.07) is 0.424. The van der Waals surface area contributed by atoms with Crippen LogP contribution >= 0.6 is 0 Å². The molecule has 0 spiro atoms. The lowest BCUT2D eigenvalue weighted by Gasteiger charge is -2.08. The minimum atomic E-state index is -0.686. The molecule has 1 heterocycles. The van der Waals surface area contributed by atoms with Crippen LogP contribution in [0.3, 0.4) is 0 Å². The van der Waals surface area contributed by atoms with Crippen molar-refractivity contribution in [2.45, 2.75) is 76.7 Å². The highest BCUT2D eigenvalue weighted by atomic mass is 16.4. The molecular weight excluding hydrogens is 230 g/mol. The number of carboxylic acids is 1. The molecule has 0 radical (unpaired) electrons. The van der Waals surface area contributed by atoms with Crippen LogP contribution in [0.4, 0.5) is 0 Å². The van der Waals surface area contributed by atoms with E-state index in [1.54, 1.807) is 0 Å². The Bertz CT molecular complexity index is 266. The van der Waals surface area contributed by atoms with E-state index in [2.05, 4.69) is 5.32 Å². The van der Waals surface area contributed by atoms with Crippen molar-refractivity contribution in [2.75, 3.05) is 0 Å². The molecule has 4 heteroatoms. The zero-order chi connectivity index (χ0) is 13.2. The van der Waals surface area contributed by atoms with Crippen molar-refractivity contribution in [3.8, 4) is 0 Å². The number of aliphatic carboxylic acids is 1. The number of rotatable bonds is 10. The van der Waals surface area contributed by atoms with Gasteiger partial charge in [-0.25, -0.2) is 0 Å². The van der Waals surface area contributed by atoms with Gasteiger partial charge in [-0.3, -0.25) is 9.59 Å². The number of carbonyl (C=O) groups excluding carboxylic acids is 1. The molecule has 1 aliphatic rings. The smallest absolute Gasteiger partial charge is 0.303 e. The summed E-state index contributed by atoms with van der Waals surface area (Å²) in [5.41, 5.74) is 0. The zero-order valence-corrected chi connectivity index (χ0v) is 11.1. The third kappa shape index (κ3) is 7.30. The van der Waals surface area contributed by atoms with Crippen molar-refractivity contribution >= 4 is 11.9 Å². The van der Waals surface area contributed by atoms with Gasteiger partial charge in [0.15, 0.2) is 0 Å². The number of carboxylic acid groups (broad SMARTS) is 1. The molecule has 18 heavy (non-hydrogen) atoms. The largest absolute Gasteiger partial charge is 0.481 e. The molecule has 0 aliphatic carbocycles. The molecule has 104 valence electrons. The van der Waals surface area contributed by atoms with Crippen molar-refractivity contribution in [3.63, 3.8) is 0 Å². The van der Waals surface area contributed by atoms with Crippen molar-refractivity contribution in [2.24, 2.45) is 0 Å². The highest BCUT2D eigenvalue weighted by molar-refractivity contribution is 5.78. The fourth-order valence-electron chi connectivity index (χ4n) is 2.44. The SMILES string of the molecule is O=C(O)CCCCCCCCCC1CCC(=O)N1. The molecule has 1 amide bonds. The first-order valence-corrected chi connectivity index (χ1v) is 7.19. The van der Waals surface area contributed by atoms with E-state index in [1.807, 2.05) is 0 Å². The Morgan fingerprint density at radius 1 is 1.11 bits per heavy atom.